The van der Waals surface area contributed by atoms with Gasteiger partial charge < -0.3 is 15.6 Å². The number of amides is 1. The Kier molecular flexibility index (Phi) is 6.14. The summed E-state index contributed by atoms with van der Waals surface area (Å²) in [4.78, 5) is 16.1. The fraction of sp³-hybridized carbons (Fsp3) is 0.286. The molecule has 8 heteroatoms. The Morgan fingerprint density at radius 1 is 1.14 bits per heavy atom. The first-order chi connectivity index (χ1) is 13.7. The summed E-state index contributed by atoms with van der Waals surface area (Å²) in [5.41, 5.74) is 7.72. The number of aromatic nitrogens is 3. The second kappa shape index (κ2) is 8.58. The van der Waals surface area contributed by atoms with Gasteiger partial charge in [0.2, 0.25) is 5.82 Å². The zero-order valence-corrected chi connectivity index (χ0v) is 17.9. The SMILES string of the molecule is C[Si](C)(C)CCOCn1nc(-c2cccc(-c3ccccc3O)c2)nc1C(N)=O. The third kappa shape index (κ3) is 5.30. The van der Waals surface area contributed by atoms with E-state index in [1.165, 1.54) is 4.68 Å². The first-order valence-electron chi connectivity index (χ1n) is 9.46. The Bertz CT molecular complexity index is 1010. The van der Waals surface area contributed by atoms with Gasteiger partial charge in [0.25, 0.3) is 5.91 Å². The number of hydrogen-bond donors (Lipinski definition) is 2. The van der Waals surface area contributed by atoms with Crippen LogP contribution in [0.1, 0.15) is 10.6 Å². The Morgan fingerprint density at radius 3 is 2.55 bits per heavy atom. The summed E-state index contributed by atoms with van der Waals surface area (Å²) in [7, 11) is -1.20. The molecule has 1 aromatic heterocycles. The standard InChI is InChI=1S/C21H26N4O3Si/c1-29(2,3)12-11-28-14-25-21(19(22)27)23-20(24-25)16-8-6-7-15(13-16)17-9-4-5-10-18(17)26/h4-10,13,26H,11-12,14H2,1-3H3,(H2,22,27). The Hall–Kier alpha value is -2.97. The highest BCUT2D eigenvalue weighted by Crippen LogP contribution is 2.31. The average molecular weight is 411 g/mol. The van der Waals surface area contributed by atoms with Crippen molar-refractivity contribution in [1.82, 2.24) is 14.8 Å². The van der Waals surface area contributed by atoms with Crippen molar-refractivity contribution in [3.8, 4) is 28.3 Å². The van der Waals surface area contributed by atoms with E-state index < -0.39 is 14.0 Å². The van der Waals surface area contributed by atoms with Crippen molar-refractivity contribution in [2.75, 3.05) is 6.61 Å². The van der Waals surface area contributed by atoms with Crippen molar-refractivity contribution < 1.29 is 14.6 Å². The number of phenols is 1. The van der Waals surface area contributed by atoms with Crippen LogP contribution in [0.2, 0.25) is 25.7 Å². The van der Waals surface area contributed by atoms with E-state index in [4.69, 9.17) is 10.5 Å². The molecular formula is C21H26N4O3Si. The number of rotatable bonds is 8. The van der Waals surface area contributed by atoms with E-state index in [0.717, 1.165) is 11.6 Å². The molecule has 0 aliphatic heterocycles. The molecule has 29 heavy (non-hydrogen) atoms. The van der Waals surface area contributed by atoms with E-state index in [2.05, 4.69) is 29.7 Å². The smallest absolute Gasteiger partial charge is 0.286 e. The third-order valence-electron chi connectivity index (χ3n) is 4.44. The summed E-state index contributed by atoms with van der Waals surface area (Å²) in [6, 6.07) is 15.6. The monoisotopic (exact) mass is 410 g/mol. The number of aromatic hydroxyl groups is 1. The minimum Gasteiger partial charge on any atom is -0.507 e. The molecule has 3 rings (SSSR count). The van der Waals surface area contributed by atoms with Crippen molar-refractivity contribution >= 4 is 14.0 Å². The van der Waals surface area contributed by atoms with E-state index in [9.17, 15) is 9.90 Å². The van der Waals surface area contributed by atoms with E-state index >= 15 is 0 Å². The van der Waals surface area contributed by atoms with Gasteiger partial charge in [0.05, 0.1) is 0 Å². The van der Waals surface area contributed by atoms with Crippen molar-refractivity contribution in [3.63, 3.8) is 0 Å². The molecule has 0 fully saturated rings. The van der Waals surface area contributed by atoms with Gasteiger partial charge >= 0.3 is 0 Å². The van der Waals surface area contributed by atoms with Gasteiger partial charge in [0, 0.05) is 25.8 Å². The van der Waals surface area contributed by atoms with Crippen LogP contribution in [-0.2, 0) is 11.5 Å². The molecule has 0 unspecified atom stereocenters. The molecule has 0 radical (unpaired) electrons. The lowest BCUT2D eigenvalue weighted by Crippen LogP contribution is -2.23. The summed E-state index contributed by atoms with van der Waals surface area (Å²) in [5.74, 6) is -0.0306. The predicted octanol–water partition coefficient (Wildman–Crippen LogP) is 3.73. The highest BCUT2D eigenvalue weighted by Gasteiger charge is 2.18. The number of phenolic OH excluding ortho intramolecular Hbond substituents is 1. The maximum absolute atomic E-state index is 11.8. The minimum absolute atomic E-state index is 0.0564. The fourth-order valence-corrected chi connectivity index (χ4v) is 3.57. The van der Waals surface area contributed by atoms with Gasteiger partial charge in [-0.1, -0.05) is 56.0 Å². The zero-order valence-electron chi connectivity index (χ0n) is 16.9. The van der Waals surface area contributed by atoms with Crippen LogP contribution in [0, 0.1) is 0 Å². The number of nitrogens with two attached hydrogens (primary N) is 1. The summed E-state index contributed by atoms with van der Waals surface area (Å²) >= 11 is 0. The first kappa shape index (κ1) is 20.8. The molecule has 2 aromatic carbocycles. The molecule has 1 heterocycles. The summed E-state index contributed by atoms with van der Waals surface area (Å²) in [6.45, 7) is 7.55. The van der Waals surface area contributed by atoms with Crippen LogP contribution >= 0.6 is 0 Å². The Labute approximate surface area is 171 Å². The lowest BCUT2D eigenvalue weighted by Gasteiger charge is -2.15. The van der Waals surface area contributed by atoms with E-state index in [1.807, 2.05) is 36.4 Å². The number of benzene rings is 2. The van der Waals surface area contributed by atoms with Crippen LogP contribution in [0.5, 0.6) is 5.75 Å². The van der Waals surface area contributed by atoms with Gasteiger partial charge in [-0.15, -0.1) is 5.10 Å². The lowest BCUT2D eigenvalue weighted by atomic mass is 10.0. The molecule has 7 nitrogen and oxygen atoms in total. The number of carbonyl (C=O) groups excluding carboxylic acids is 1. The molecule has 0 atom stereocenters. The van der Waals surface area contributed by atoms with E-state index in [-0.39, 0.29) is 18.3 Å². The molecule has 3 N–H and O–H groups in total. The van der Waals surface area contributed by atoms with Crippen LogP contribution in [0.25, 0.3) is 22.5 Å². The zero-order chi connectivity index (χ0) is 21.0. The minimum atomic E-state index is -1.20. The van der Waals surface area contributed by atoms with Gasteiger partial charge in [-0.25, -0.2) is 9.67 Å². The quantitative estimate of drug-likeness (QED) is 0.435. The highest BCUT2D eigenvalue weighted by atomic mass is 28.3. The average Bonchev–Trinajstić information content (AvgIpc) is 3.10. The number of hydrogen-bond acceptors (Lipinski definition) is 5. The maximum atomic E-state index is 11.8. The Morgan fingerprint density at radius 2 is 1.86 bits per heavy atom. The molecule has 1 amide bonds. The normalized spacial score (nSPS) is 11.6. The summed E-state index contributed by atoms with van der Waals surface area (Å²) < 4.78 is 7.10. The second-order valence-electron chi connectivity index (χ2n) is 8.07. The van der Waals surface area contributed by atoms with Crippen LogP contribution in [-0.4, -0.2) is 40.5 Å². The van der Waals surface area contributed by atoms with Gasteiger partial charge in [-0.05, 0) is 23.7 Å². The van der Waals surface area contributed by atoms with E-state index in [1.54, 1.807) is 12.1 Å². The third-order valence-corrected chi connectivity index (χ3v) is 6.14. The molecule has 0 aliphatic rings. The van der Waals surface area contributed by atoms with Crippen molar-refractivity contribution in [2.45, 2.75) is 32.4 Å². The van der Waals surface area contributed by atoms with Crippen LogP contribution in [0.4, 0.5) is 0 Å². The van der Waals surface area contributed by atoms with Gasteiger partial charge in [-0.3, -0.25) is 4.79 Å². The molecule has 0 bridgehead atoms. The van der Waals surface area contributed by atoms with E-state index in [0.29, 0.717) is 23.6 Å². The van der Waals surface area contributed by atoms with Crippen molar-refractivity contribution in [2.24, 2.45) is 5.73 Å². The Balaban J connectivity index is 1.85. The molecule has 0 saturated heterocycles. The summed E-state index contributed by atoms with van der Waals surface area (Å²) in [5, 5.41) is 14.5. The number of carbonyl (C=O) groups is 1. The summed E-state index contributed by atoms with van der Waals surface area (Å²) in [6.07, 6.45) is 0. The molecular weight excluding hydrogens is 384 g/mol. The molecule has 3 aromatic rings. The topological polar surface area (TPSA) is 103 Å². The first-order valence-corrected chi connectivity index (χ1v) is 13.2. The molecule has 0 saturated carbocycles. The second-order valence-corrected chi connectivity index (χ2v) is 13.7. The van der Waals surface area contributed by atoms with Crippen molar-refractivity contribution in [1.29, 1.82) is 0 Å². The van der Waals surface area contributed by atoms with Crippen LogP contribution in [0.15, 0.2) is 48.5 Å². The van der Waals surface area contributed by atoms with Gasteiger partial charge in [-0.2, -0.15) is 0 Å². The number of primary amides is 1. The predicted molar refractivity (Wildman–Crippen MR) is 115 cm³/mol. The maximum Gasteiger partial charge on any atom is 0.286 e. The molecule has 0 aliphatic carbocycles. The highest BCUT2D eigenvalue weighted by molar-refractivity contribution is 6.76. The number of para-hydroxylation sites is 1. The largest absolute Gasteiger partial charge is 0.507 e. The molecule has 0 spiro atoms. The van der Waals surface area contributed by atoms with Crippen molar-refractivity contribution in [3.05, 3.63) is 54.4 Å². The number of ether oxygens (including phenoxy) is 1. The van der Waals surface area contributed by atoms with Crippen LogP contribution < -0.4 is 5.73 Å². The van der Waals surface area contributed by atoms with Crippen LogP contribution in [0.3, 0.4) is 0 Å². The fourth-order valence-electron chi connectivity index (χ4n) is 2.81. The lowest BCUT2D eigenvalue weighted by molar-refractivity contribution is 0.0728. The van der Waals surface area contributed by atoms with Gasteiger partial charge in [0.1, 0.15) is 12.5 Å². The number of nitrogens with zero attached hydrogens (tertiary/aromatic N) is 3. The molecule has 152 valence electrons. The van der Waals surface area contributed by atoms with Gasteiger partial charge in [0.15, 0.2) is 5.82 Å².